The summed E-state index contributed by atoms with van der Waals surface area (Å²) in [4.78, 5) is 39.3. The van der Waals surface area contributed by atoms with E-state index in [1.54, 1.807) is 37.3 Å². The van der Waals surface area contributed by atoms with Gasteiger partial charge in [-0.2, -0.15) is 0 Å². The fourth-order valence-corrected chi connectivity index (χ4v) is 4.39. The zero-order chi connectivity index (χ0) is 24.0. The number of anilines is 1. The van der Waals surface area contributed by atoms with Gasteiger partial charge in [-0.25, -0.2) is 9.69 Å². The molecule has 9 heteroatoms. The van der Waals surface area contributed by atoms with Crippen LogP contribution in [-0.4, -0.2) is 22.4 Å². The molecule has 1 N–H and O–H groups in total. The molecule has 0 bridgehead atoms. The molecule has 0 saturated carbocycles. The first kappa shape index (κ1) is 23.1. The Hall–Kier alpha value is -3.06. The Morgan fingerprint density at radius 1 is 0.879 bits per heavy atom. The molecule has 168 valence electrons. The summed E-state index contributed by atoms with van der Waals surface area (Å²) in [6, 6.07) is 11.2. The molecule has 0 radical (unpaired) electrons. The number of imide groups is 2. The number of urea groups is 1. The first-order chi connectivity index (χ1) is 15.6. The van der Waals surface area contributed by atoms with Crippen molar-refractivity contribution in [1.29, 1.82) is 0 Å². The second kappa shape index (κ2) is 8.71. The highest BCUT2D eigenvalue weighted by Gasteiger charge is 2.37. The van der Waals surface area contributed by atoms with Crippen molar-refractivity contribution in [3.63, 3.8) is 0 Å². The fraction of sp³-hybridized carbons (Fsp3) is 0.125. The quantitative estimate of drug-likeness (QED) is 0.351. The molecule has 2 aromatic carbocycles. The minimum atomic E-state index is -0.830. The van der Waals surface area contributed by atoms with Crippen molar-refractivity contribution in [1.82, 2.24) is 9.88 Å². The molecule has 1 aliphatic rings. The molecule has 1 saturated heterocycles. The van der Waals surface area contributed by atoms with Crippen molar-refractivity contribution in [3.05, 3.63) is 85.6 Å². The van der Waals surface area contributed by atoms with Crippen LogP contribution in [0, 0.1) is 20.8 Å². The lowest BCUT2D eigenvalue weighted by Gasteiger charge is -2.27. The summed E-state index contributed by atoms with van der Waals surface area (Å²) >= 11 is 18.8. The average molecular weight is 503 g/mol. The van der Waals surface area contributed by atoms with Crippen LogP contribution in [-0.2, 0) is 9.59 Å². The maximum Gasteiger partial charge on any atom is 0.335 e. The predicted molar refractivity (Wildman–Crippen MR) is 130 cm³/mol. The summed E-state index contributed by atoms with van der Waals surface area (Å²) in [5.74, 6) is -1.51. The number of aromatic nitrogens is 1. The van der Waals surface area contributed by atoms with E-state index in [2.05, 4.69) is 5.32 Å². The summed E-state index contributed by atoms with van der Waals surface area (Å²) in [5, 5.41) is 3.44. The van der Waals surface area contributed by atoms with E-state index >= 15 is 0 Å². The lowest BCUT2D eigenvalue weighted by Crippen LogP contribution is -2.54. The Morgan fingerprint density at radius 3 is 2.21 bits per heavy atom. The van der Waals surface area contributed by atoms with Crippen molar-refractivity contribution >= 4 is 64.4 Å². The third-order valence-corrected chi connectivity index (χ3v) is 6.74. The number of carbonyl (C=O) groups is 3. The maximum absolute atomic E-state index is 13.3. The van der Waals surface area contributed by atoms with E-state index < -0.39 is 17.8 Å². The zero-order valence-corrected chi connectivity index (χ0v) is 20.1. The van der Waals surface area contributed by atoms with Crippen molar-refractivity contribution in [2.24, 2.45) is 0 Å². The van der Waals surface area contributed by atoms with Gasteiger partial charge in [0, 0.05) is 16.4 Å². The van der Waals surface area contributed by atoms with Gasteiger partial charge in [0.1, 0.15) is 5.57 Å². The minimum absolute atomic E-state index is 0.175. The fourth-order valence-electron chi connectivity index (χ4n) is 3.84. The topological polar surface area (TPSA) is 71.4 Å². The van der Waals surface area contributed by atoms with Crippen molar-refractivity contribution in [2.45, 2.75) is 20.8 Å². The van der Waals surface area contributed by atoms with Crippen LogP contribution in [0.15, 0.2) is 48.0 Å². The molecule has 0 aliphatic carbocycles. The number of barbiturate groups is 1. The smallest absolute Gasteiger partial charge is 0.316 e. The maximum atomic E-state index is 13.3. The van der Waals surface area contributed by atoms with Gasteiger partial charge in [-0.1, -0.05) is 46.9 Å². The Kier molecular flexibility index (Phi) is 6.10. The van der Waals surface area contributed by atoms with E-state index in [1.165, 1.54) is 6.08 Å². The molecule has 6 nitrogen and oxygen atoms in total. The van der Waals surface area contributed by atoms with E-state index in [1.807, 2.05) is 30.5 Å². The summed E-state index contributed by atoms with van der Waals surface area (Å²) in [5.41, 5.74) is 3.54. The third kappa shape index (κ3) is 3.95. The molecule has 33 heavy (non-hydrogen) atoms. The molecule has 1 aliphatic heterocycles. The number of amides is 4. The van der Waals surface area contributed by atoms with Crippen LogP contribution in [0.25, 0.3) is 11.8 Å². The van der Waals surface area contributed by atoms with E-state index in [-0.39, 0.29) is 5.57 Å². The summed E-state index contributed by atoms with van der Waals surface area (Å²) in [6.07, 6.45) is 1.47. The van der Waals surface area contributed by atoms with Gasteiger partial charge in [-0.05, 0) is 68.3 Å². The molecular formula is C24H18Cl3N3O3. The first-order valence-corrected chi connectivity index (χ1v) is 11.0. The lowest BCUT2D eigenvalue weighted by atomic mass is 10.1. The normalized spacial score (nSPS) is 15.4. The van der Waals surface area contributed by atoms with Crippen molar-refractivity contribution in [3.8, 4) is 5.69 Å². The number of carbonyl (C=O) groups excluding carboxylic acids is 3. The number of aryl methyl sites for hydroxylation is 1. The van der Waals surface area contributed by atoms with E-state index in [0.717, 1.165) is 16.3 Å². The lowest BCUT2D eigenvalue weighted by molar-refractivity contribution is -0.122. The van der Waals surface area contributed by atoms with E-state index in [0.29, 0.717) is 37.6 Å². The molecule has 4 amide bonds. The highest BCUT2D eigenvalue weighted by atomic mass is 35.5. The van der Waals surface area contributed by atoms with E-state index in [4.69, 9.17) is 34.8 Å². The van der Waals surface area contributed by atoms with Gasteiger partial charge in [0.25, 0.3) is 11.8 Å². The Balaban J connectivity index is 1.81. The second-order valence-corrected chi connectivity index (χ2v) is 8.77. The van der Waals surface area contributed by atoms with Gasteiger partial charge in [-0.3, -0.25) is 14.9 Å². The number of benzene rings is 2. The first-order valence-electron chi connectivity index (χ1n) is 9.91. The number of hydrogen-bond donors (Lipinski definition) is 1. The van der Waals surface area contributed by atoms with Crippen LogP contribution in [0.5, 0.6) is 0 Å². The van der Waals surface area contributed by atoms with Gasteiger partial charge in [0.05, 0.1) is 21.4 Å². The summed E-state index contributed by atoms with van der Waals surface area (Å²) in [7, 11) is 0. The molecule has 2 heterocycles. The second-order valence-electron chi connectivity index (χ2n) is 7.58. The number of rotatable bonds is 3. The van der Waals surface area contributed by atoms with Crippen LogP contribution < -0.4 is 10.2 Å². The Labute approximate surface area is 205 Å². The molecular weight excluding hydrogens is 485 g/mol. The average Bonchev–Trinajstić information content (AvgIpc) is 3.03. The van der Waals surface area contributed by atoms with Gasteiger partial charge < -0.3 is 4.57 Å². The molecule has 0 unspecified atom stereocenters. The van der Waals surface area contributed by atoms with Crippen molar-refractivity contribution < 1.29 is 14.4 Å². The third-order valence-electron chi connectivity index (χ3n) is 5.52. The number of nitrogens with one attached hydrogen (secondary N) is 1. The molecule has 1 aromatic heterocycles. The van der Waals surface area contributed by atoms with Crippen LogP contribution in [0.1, 0.15) is 22.5 Å². The monoisotopic (exact) mass is 501 g/mol. The standard InChI is InChI=1S/C24H18Cl3N3O3/c1-12-10-15(14(3)29(12)20-9-5-7-18(26)21(20)27)11-16-22(31)28-24(33)30(23(16)32)19-8-4-6-17(25)13(19)2/h4-11H,1-3H3,(H,28,31,33)/b16-11+. The van der Waals surface area contributed by atoms with E-state index in [9.17, 15) is 14.4 Å². The highest BCUT2D eigenvalue weighted by Crippen LogP contribution is 2.33. The van der Waals surface area contributed by atoms with Crippen LogP contribution in [0.3, 0.4) is 0 Å². The molecule has 1 fully saturated rings. The number of hydrogen-bond acceptors (Lipinski definition) is 3. The van der Waals surface area contributed by atoms with Gasteiger partial charge in [0.2, 0.25) is 0 Å². The van der Waals surface area contributed by atoms with Crippen LogP contribution in [0.2, 0.25) is 15.1 Å². The SMILES string of the molecule is Cc1c(Cl)cccc1N1C(=O)NC(=O)/C(=C\c2cc(C)n(-c3cccc(Cl)c3Cl)c2C)C1=O. The molecule has 3 aromatic rings. The molecule has 0 atom stereocenters. The largest absolute Gasteiger partial charge is 0.335 e. The highest BCUT2D eigenvalue weighted by molar-refractivity contribution is 6.43. The van der Waals surface area contributed by atoms with Gasteiger partial charge in [0.15, 0.2) is 0 Å². The number of halogens is 3. The number of nitrogens with zero attached hydrogens (tertiary/aromatic N) is 2. The summed E-state index contributed by atoms with van der Waals surface area (Å²) < 4.78 is 1.88. The molecule has 4 rings (SSSR count). The Bertz CT molecular complexity index is 1370. The predicted octanol–water partition coefficient (Wildman–Crippen LogP) is 6.03. The molecule has 0 spiro atoms. The van der Waals surface area contributed by atoms with Gasteiger partial charge >= 0.3 is 6.03 Å². The van der Waals surface area contributed by atoms with Crippen LogP contribution in [0.4, 0.5) is 10.5 Å². The van der Waals surface area contributed by atoms with Gasteiger partial charge in [-0.15, -0.1) is 0 Å². The van der Waals surface area contributed by atoms with Crippen molar-refractivity contribution in [2.75, 3.05) is 4.90 Å². The van der Waals surface area contributed by atoms with Crippen LogP contribution >= 0.6 is 34.8 Å². The summed E-state index contributed by atoms with van der Waals surface area (Å²) in [6.45, 7) is 5.41. The zero-order valence-electron chi connectivity index (χ0n) is 17.9. The Morgan fingerprint density at radius 2 is 1.52 bits per heavy atom. The minimum Gasteiger partial charge on any atom is -0.316 e.